The maximum absolute atomic E-state index is 11.4. The van der Waals surface area contributed by atoms with Crippen molar-refractivity contribution in [3.8, 4) is 5.75 Å². The minimum atomic E-state index is -0.921. The SMILES string of the molecule is C/C(=N\OCc1ccc(C)cc1)c1ccc(OCC2OC(=O)NC2=O)cc1. The molecule has 0 aromatic heterocycles. The van der Waals surface area contributed by atoms with Gasteiger partial charge >= 0.3 is 6.09 Å². The zero-order chi connectivity index (χ0) is 19.2. The highest BCUT2D eigenvalue weighted by Gasteiger charge is 2.32. The number of alkyl carbamates (subject to hydrolysis) is 1. The molecule has 0 spiro atoms. The Kier molecular flexibility index (Phi) is 5.71. The van der Waals surface area contributed by atoms with Gasteiger partial charge in [0.2, 0.25) is 6.10 Å². The molecule has 140 valence electrons. The normalized spacial score (nSPS) is 16.7. The highest BCUT2D eigenvalue weighted by atomic mass is 16.6. The molecule has 1 heterocycles. The lowest BCUT2D eigenvalue weighted by molar-refractivity contribution is -0.124. The van der Waals surface area contributed by atoms with Crippen LogP contribution in [0.1, 0.15) is 23.6 Å². The third-order valence-electron chi connectivity index (χ3n) is 3.99. The number of imide groups is 1. The van der Waals surface area contributed by atoms with Crippen molar-refractivity contribution in [3.05, 3.63) is 65.2 Å². The Labute approximate surface area is 156 Å². The number of oxime groups is 1. The number of hydrogen-bond acceptors (Lipinski definition) is 6. The molecule has 7 nitrogen and oxygen atoms in total. The summed E-state index contributed by atoms with van der Waals surface area (Å²) in [6, 6.07) is 15.3. The van der Waals surface area contributed by atoms with Crippen LogP contribution in [-0.2, 0) is 21.0 Å². The molecule has 0 aliphatic carbocycles. The summed E-state index contributed by atoms with van der Waals surface area (Å²) in [7, 11) is 0. The van der Waals surface area contributed by atoms with Crippen LogP contribution in [0.25, 0.3) is 0 Å². The van der Waals surface area contributed by atoms with E-state index in [4.69, 9.17) is 14.3 Å². The van der Waals surface area contributed by atoms with Crippen LogP contribution < -0.4 is 10.1 Å². The number of hydrogen-bond donors (Lipinski definition) is 1. The van der Waals surface area contributed by atoms with Crippen molar-refractivity contribution in [2.45, 2.75) is 26.6 Å². The first-order valence-corrected chi connectivity index (χ1v) is 8.48. The number of nitrogens with one attached hydrogen (secondary N) is 1. The van der Waals surface area contributed by atoms with Crippen molar-refractivity contribution in [1.82, 2.24) is 5.32 Å². The molecule has 2 amide bonds. The number of nitrogens with zero attached hydrogens (tertiary/aromatic N) is 1. The maximum atomic E-state index is 11.4. The predicted molar refractivity (Wildman–Crippen MR) is 98.5 cm³/mol. The fraction of sp³-hybridized carbons (Fsp3) is 0.250. The fourth-order valence-electron chi connectivity index (χ4n) is 2.41. The molecule has 7 heteroatoms. The number of aryl methyl sites for hydroxylation is 1. The largest absolute Gasteiger partial charge is 0.489 e. The molecule has 3 rings (SSSR count). The van der Waals surface area contributed by atoms with Gasteiger partial charge < -0.3 is 14.3 Å². The second-order valence-corrected chi connectivity index (χ2v) is 6.15. The van der Waals surface area contributed by atoms with Crippen molar-refractivity contribution in [2.75, 3.05) is 6.61 Å². The molecule has 1 atom stereocenters. The van der Waals surface area contributed by atoms with E-state index in [1.54, 1.807) is 12.1 Å². The Balaban J connectivity index is 1.50. The van der Waals surface area contributed by atoms with Gasteiger partial charge in [-0.05, 0) is 49.2 Å². The van der Waals surface area contributed by atoms with Crippen molar-refractivity contribution >= 4 is 17.7 Å². The number of carbonyl (C=O) groups excluding carboxylic acids is 2. The van der Waals surface area contributed by atoms with E-state index in [0.717, 1.165) is 16.8 Å². The molecule has 2 aromatic carbocycles. The molecule has 1 fully saturated rings. The van der Waals surface area contributed by atoms with Crippen LogP contribution in [0.5, 0.6) is 5.75 Å². The number of amides is 2. The van der Waals surface area contributed by atoms with E-state index in [1.165, 1.54) is 5.56 Å². The van der Waals surface area contributed by atoms with E-state index in [1.807, 2.05) is 50.2 Å². The quantitative estimate of drug-likeness (QED) is 0.600. The van der Waals surface area contributed by atoms with Gasteiger partial charge in [0.05, 0.1) is 5.71 Å². The summed E-state index contributed by atoms with van der Waals surface area (Å²) in [5, 5.41) is 6.19. The van der Waals surface area contributed by atoms with Crippen molar-refractivity contribution in [3.63, 3.8) is 0 Å². The molecule has 0 radical (unpaired) electrons. The van der Waals surface area contributed by atoms with Gasteiger partial charge in [0.1, 0.15) is 19.0 Å². The molecule has 1 aliphatic rings. The summed E-state index contributed by atoms with van der Waals surface area (Å²) in [5.41, 5.74) is 3.87. The Morgan fingerprint density at radius 2 is 1.81 bits per heavy atom. The number of carbonyl (C=O) groups is 2. The van der Waals surface area contributed by atoms with Crippen LogP contribution >= 0.6 is 0 Å². The summed E-state index contributed by atoms with van der Waals surface area (Å²) >= 11 is 0. The monoisotopic (exact) mass is 368 g/mol. The van der Waals surface area contributed by atoms with E-state index < -0.39 is 18.1 Å². The smallest absolute Gasteiger partial charge is 0.414 e. The maximum Gasteiger partial charge on any atom is 0.414 e. The topological polar surface area (TPSA) is 86.2 Å². The van der Waals surface area contributed by atoms with Gasteiger partial charge in [-0.15, -0.1) is 0 Å². The van der Waals surface area contributed by atoms with Crippen LogP contribution in [-0.4, -0.2) is 30.4 Å². The molecular weight excluding hydrogens is 348 g/mol. The number of benzene rings is 2. The zero-order valence-corrected chi connectivity index (χ0v) is 15.1. The van der Waals surface area contributed by atoms with Gasteiger partial charge in [-0.2, -0.15) is 0 Å². The highest BCUT2D eigenvalue weighted by molar-refractivity contribution is 6.00. The summed E-state index contributed by atoms with van der Waals surface area (Å²) in [6.45, 7) is 4.26. The Bertz CT molecular complexity index is 844. The summed E-state index contributed by atoms with van der Waals surface area (Å²) in [6.07, 6.45) is -1.67. The highest BCUT2D eigenvalue weighted by Crippen LogP contribution is 2.15. The second-order valence-electron chi connectivity index (χ2n) is 6.15. The first-order chi connectivity index (χ1) is 13.0. The minimum absolute atomic E-state index is 0.0380. The lowest BCUT2D eigenvalue weighted by atomic mass is 10.1. The molecule has 1 N–H and O–H groups in total. The summed E-state index contributed by atoms with van der Waals surface area (Å²) < 4.78 is 10.3. The summed E-state index contributed by atoms with van der Waals surface area (Å²) in [4.78, 5) is 27.8. The number of rotatable bonds is 7. The van der Waals surface area contributed by atoms with Gasteiger partial charge in [-0.1, -0.05) is 35.0 Å². The van der Waals surface area contributed by atoms with Crippen LogP contribution in [0.2, 0.25) is 0 Å². The first kappa shape index (κ1) is 18.4. The van der Waals surface area contributed by atoms with Gasteiger partial charge in [-0.25, -0.2) is 4.79 Å². The summed E-state index contributed by atoms with van der Waals surface area (Å²) in [5.74, 6) is 0.0631. The Morgan fingerprint density at radius 1 is 1.11 bits per heavy atom. The van der Waals surface area contributed by atoms with Crippen molar-refractivity contribution in [1.29, 1.82) is 0 Å². The minimum Gasteiger partial charge on any atom is -0.489 e. The third-order valence-corrected chi connectivity index (χ3v) is 3.99. The van der Waals surface area contributed by atoms with Crippen LogP contribution in [0.3, 0.4) is 0 Å². The molecule has 2 aromatic rings. The zero-order valence-electron chi connectivity index (χ0n) is 15.1. The van der Waals surface area contributed by atoms with Crippen LogP contribution in [0.15, 0.2) is 53.7 Å². The van der Waals surface area contributed by atoms with E-state index in [9.17, 15) is 9.59 Å². The average Bonchev–Trinajstić information content (AvgIpc) is 2.99. The number of ether oxygens (including phenoxy) is 2. The van der Waals surface area contributed by atoms with Crippen LogP contribution in [0, 0.1) is 6.92 Å². The van der Waals surface area contributed by atoms with E-state index in [2.05, 4.69) is 10.5 Å². The van der Waals surface area contributed by atoms with Crippen molar-refractivity contribution in [2.24, 2.45) is 5.16 Å². The Hall–Kier alpha value is -3.35. The van der Waals surface area contributed by atoms with Crippen molar-refractivity contribution < 1.29 is 23.9 Å². The lowest BCUT2D eigenvalue weighted by Crippen LogP contribution is -2.29. The predicted octanol–water partition coefficient (Wildman–Crippen LogP) is 2.95. The van der Waals surface area contributed by atoms with Gasteiger partial charge in [0, 0.05) is 0 Å². The van der Waals surface area contributed by atoms with Gasteiger partial charge in [0.25, 0.3) is 5.91 Å². The van der Waals surface area contributed by atoms with E-state index >= 15 is 0 Å². The molecule has 0 bridgehead atoms. The molecule has 0 saturated carbocycles. The molecular formula is C20H20N2O5. The first-order valence-electron chi connectivity index (χ1n) is 8.48. The van der Waals surface area contributed by atoms with Crippen LogP contribution in [0.4, 0.5) is 4.79 Å². The molecule has 1 aliphatic heterocycles. The standard InChI is InChI=1S/C20H20N2O5/c1-13-3-5-15(6-4-13)11-26-22-14(2)16-7-9-17(10-8-16)25-12-18-19(23)21-20(24)27-18/h3-10,18H,11-12H2,1-2H3,(H,21,23,24)/b22-14+. The lowest BCUT2D eigenvalue weighted by Gasteiger charge is -2.09. The van der Waals surface area contributed by atoms with E-state index in [-0.39, 0.29) is 6.61 Å². The molecule has 1 unspecified atom stereocenters. The second kappa shape index (κ2) is 8.35. The molecule has 1 saturated heterocycles. The number of cyclic esters (lactones) is 1. The average molecular weight is 368 g/mol. The van der Waals surface area contributed by atoms with Gasteiger partial charge in [-0.3, -0.25) is 10.1 Å². The third kappa shape index (κ3) is 5.07. The van der Waals surface area contributed by atoms with E-state index in [0.29, 0.717) is 12.4 Å². The fourth-order valence-corrected chi connectivity index (χ4v) is 2.41. The Morgan fingerprint density at radius 3 is 2.44 bits per heavy atom. The van der Waals surface area contributed by atoms with Gasteiger partial charge in [0.15, 0.2) is 0 Å². The molecule has 27 heavy (non-hydrogen) atoms.